The summed E-state index contributed by atoms with van der Waals surface area (Å²) in [7, 11) is -11.2. The van der Waals surface area contributed by atoms with Crippen LogP contribution in [-0.2, 0) is 35.6 Å². The average molecular weight is 981 g/mol. The zero-order chi connectivity index (χ0) is 47.4. The molecule has 0 saturated carbocycles. The van der Waals surface area contributed by atoms with E-state index in [4.69, 9.17) is 41.1 Å². The van der Waals surface area contributed by atoms with Crippen molar-refractivity contribution in [3.8, 4) is 17.5 Å². The number of rotatable bonds is 14. The van der Waals surface area contributed by atoms with Crippen molar-refractivity contribution in [3.63, 3.8) is 0 Å². The number of thiophene rings is 1. The fraction of sp³-hybridized carbons (Fsp3) is 0.207. The van der Waals surface area contributed by atoms with Crippen LogP contribution in [0.4, 0.5) is 29.6 Å². The standard InChI is InChI=1S/C15H10ClF3N2O6S.C11H11N5O6S2.C3H8NO5P/c1-28(25,26)20-14(22)10-7-9(3-4-12(10)21(23)24)27-13-5-2-8(6-11(13)16)15(17,18)19;1-5-12-9(15-11(13-5)22-2)14-10(19)16-24(20,21)6-3-4-23-7(6)8(17)18;5-3(6)1-4-2-10(7,8)9/h2-7H,1H3,(H,20,22);3-4H,1-2H3,(H,17,18)(H2,12,13,14,15,16,19);4H,1-2H2,(H,5,6)(H2,7,8,9). The number of aromatic nitrogens is 3. The van der Waals surface area contributed by atoms with Crippen molar-refractivity contribution in [1.29, 1.82) is 0 Å². The highest BCUT2D eigenvalue weighted by atomic mass is 35.5. The molecule has 0 fully saturated rings. The van der Waals surface area contributed by atoms with Gasteiger partial charge in [0.05, 0.1) is 41.7 Å². The first-order valence-electron chi connectivity index (χ1n) is 15.7. The molecule has 3 amide bonds. The van der Waals surface area contributed by atoms with Crippen molar-refractivity contribution in [1.82, 2.24) is 29.7 Å². The van der Waals surface area contributed by atoms with Crippen LogP contribution < -0.4 is 29.6 Å². The second-order valence-corrected chi connectivity index (χ2v) is 17.6. The molecule has 0 atom stereocenters. The Morgan fingerprint density at radius 1 is 1.00 bits per heavy atom. The van der Waals surface area contributed by atoms with Crippen LogP contribution >= 0.6 is 30.5 Å². The quantitative estimate of drug-likeness (QED) is 0.0511. The van der Waals surface area contributed by atoms with Crippen LogP contribution in [0.25, 0.3) is 0 Å². The molecule has 0 bridgehead atoms. The van der Waals surface area contributed by atoms with Crippen LogP contribution in [0, 0.1) is 17.0 Å². The first-order valence-corrected chi connectivity index (χ1v) is 22.1. The Hall–Kier alpha value is -6.08. The monoisotopic (exact) mass is 980 g/mol. The number of aromatic carboxylic acids is 1. The number of carbonyl (C=O) groups is 4. The van der Waals surface area contributed by atoms with Crippen molar-refractivity contribution in [2.45, 2.75) is 18.0 Å². The lowest BCUT2D eigenvalue weighted by Crippen LogP contribution is -2.35. The van der Waals surface area contributed by atoms with Gasteiger partial charge >= 0.3 is 37.8 Å². The third kappa shape index (κ3) is 17.5. The molecule has 8 N–H and O–H groups in total. The molecule has 338 valence electrons. The van der Waals surface area contributed by atoms with Crippen molar-refractivity contribution in [2.24, 2.45) is 0 Å². The molecular formula is C29H29ClF3N8O17PS3. The fourth-order valence-electron chi connectivity index (χ4n) is 3.91. The maximum absolute atomic E-state index is 12.7. The lowest BCUT2D eigenvalue weighted by atomic mass is 10.1. The molecule has 25 nitrogen and oxygen atoms in total. The predicted octanol–water partition coefficient (Wildman–Crippen LogP) is 3.00. The lowest BCUT2D eigenvalue weighted by Gasteiger charge is -2.12. The number of halogens is 4. The number of nitrogens with one attached hydrogen (secondary N) is 4. The summed E-state index contributed by atoms with van der Waals surface area (Å²) in [6.07, 6.45) is -4.54. The highest BCUT2D eigenvalue weighted by Crippen LogP contribution is 2.37. The summed E-state index contributed by atoms with van der Waals surface area (Å²) >= 11 is 6.49. The van der Waals surface area contributed by atoms with Crippen molar-refractivity contribution < 1.29 is 88.1 Å². The number of carboxylic acid groups (broad SMARTS) is 2. The summed E-state index contributed by atoms with van der Waals surface area (Å²) in [6.45, 7) is 1.08. The van der Waals surface area contributed by atoms with Gasteiger partial charge in [0.25, 0.3) is 21.6 Å². The van der Waals surface area contributed by atoms with Gasteiger partial charge in [-0.1, -0.05) is 11.6 Å². The number of ether oxygens (including phenoxy) is 2. The van der Waals surface area contributed by atoms with Crippen molar-refractivity contribution >= 4 is 86.1 Å². The van der Waals surface area contributed by atoms with Gasteiger partial charge in [-0.2, -0.15) is 28.1 Å². The number of nitrogens with zero attached hydrogens (tertiary/aromatic N) is 4. The van der Waals surface area contributed by atoms with Gasteiger partial charge in [0, 0.05) is 12.1 Å². The molecule has 2 heterocycles. The van der Waals surface area contributed by atoms with Crippen molar-refractivity contribution in [3.05, 3.63) is 84.8 Å². The van der Waals surface area contributed by atoms with E-state index in [1.807, 2.05) is 0 Å². The third-order valence-electron chi connectivity index (χ3n) is 6.24. The fourth-order valence-corrected chi connectivity index (χ4v) is 7.15. The summed E-state index contributed by atoms with van der Waals surface area (Å²) in [6, 6.07) is 4.95. The number of urea groups is 1. The Balaban J connectivity index is 0.000000354. The number of aliphatic carboxylic acids is 1. The van der Waals surface area contributed by atoms with Gasteiger partial charge in [-0.3, -0.25) is 34.9 Å². The molecular weight excluding hydrogens is 952 g/mol. The van der Waals surface area contributed by atoms with Gasteiger partial charge in [0.2, 0.25) is 16.0 Å². The van der Waals surface area contributed by atoms with Gasteiger partial charge in [-0.05, 0) is 42.6 Å². The molecule has 0 saturated heterocycles. The molecule has 0 aliphatic rings. The SMILES string of the molecule is COc1nc(C)nc(NC(=O)NS(=O)(=O)c2ccsc2C(=O)O)n1.CS(=O)(=O)NC(=O)c1cc(Oc2ccc(C(F)(F)F)cc2Cl)ccc1[N+](=O)[O-].O=C(O)CNCP(=O)(O)O. The Morgan fingerprint density at radius 3 is 2.16 bits per heavy atom. The number of hydrogen-bond acceptors (Lipinski definition) is 18. The van der Waals surface area contributed by atoms with E-state index in [-0.39, 0.29) is 29.3 Å². The van der Waals surface area contributed by atoms with E-state index in [2.05, 4.69) is 25.6 Å². The highest BCUT2D eigenvalue weighted by molar-refractivity contribution is 7.90. The second-order valence-electron chi connectivity index (χ2n) is 11.2. The minimum atomic E-state index is -4.62. The van der Waals surface area contributed by atoms with E-state index in [1.165, 1.54) is 19.4 Å². The molecule has 0 aliphatic heterocycles. The number of aryl methyl sites for hydroxylation is 1. The maximum Gasteiger partial charge on any atom is 0.416 e. The molecule has 2 aromatic heterocycles. The highest BCUT2D eigenvalue weighted by Gasteiger charge is 2.31. The summed E-state index contributed by atoms with van der Waals surface area (Å²) in [5, 5.41) is 33.1. The molecule has 2 aromatic carbocycles. The average Bonchev–Trinajstić information content (AvgIpc) is 3.63. The number of hydrogen-bond donors (Lipinski definition) is 8. The van der Waals surface area contributed by atoms with Gasteiger partial charge in [0.15, 0.2) is 0 Å². The molecule has 4 rings (SSSR count). The van der Waals surface area contributed by atoms with E-state index in [0.717, 1.165) is 41.7 Å². The van der Waals surface area contributed by atoms with Crippen LogP contribution in [0.5, 0.6) is 17.5 Å². The molecule has 62 heavy (non-hydrogen) atoms. The predicted molar refractivity (Wildman–Crippen MR) is 206 cm³/mol. The number of methoxy groups -OCH3 is 1. The zero-order valence-electron chi connectivity index (χ0n) is 31.1. The van der Waals surface area contributed by atoms with E-state index in [9.17, 15) is 63.9 Å². The second kappa shape index (κ2) is 21.6. The zero-order valence-corrected chi connectivity index (χ0v) is 35.2. The largest absolute Gasteiger partial charge is 0.480 e. The van der Waals surface area contributed by atoms with E-state index in [0.29, 0.717) is 18.4 Å². The topological polar surface area (TPSA) is 383 Å². The van der Waals surface area contributed by atoms with Gasteiger partial charge in [-0.15, -0.1) is 11.3 Å². The Morgan fingerprint density at radius 2 is 1.65 bits per heavy atom. The number of benzene rings is 2. The van der Waals surface area contributed by atoms with Crippen LogP contribution in [0.2, 0.25) is 5.02 Å². The van der Waals surface area contributed by atoms with Crippen LogP contribution in [0.1, 0.15) is 31.4 Å². The minimum Gasteiger partial charge on any atom is -0.480 e. The smallest absolute Gasteiger partial charge is 0.416 e. The van der Waals surface area contributed by atoms with E-state index < -0.39 is 107 Å². The van der Waals surface area contributed by atoms with E-state index in [1.54, 1.807) is 9.44 Å². The molecule has 0 aliphatic carbocycles. The number of anilines is 1. The van der Waals surface area contributed by atoms with Gasteiger partial charge in [-0.25, -0.2) is 35.9 Å². The summed E-state index contributed by atoms with van der Waals surface area (Å²) < 4.78 is 108. The number of carboxylic acids is 2. The molecule has 4 aromatic rings. The van der Waals surface area contributed by atoms with Crippen LogP contribution in [0.15, 0.2) is 52.7 Å². The number of carbonyl (C=O) groups excluding carboxylic acids is 2. The maximum atomic E-state index is 12.7. The number of nitro benzene ring substituents is 1. The van der Waals surface area contributed by atoms with E-state index >= 15 is 0 Å². The normalized spacial score (nSPS) is 11.4. The summed E-state index contributed by atoms with van der Waals surface area (Å²) in [5.41, 5.74) is -2.34. The Kier molecular flexibility index (Phi) is 18.2. The van der Waals surface area contributed by atoms with Gasteiger partial charge in [0.1, 0.15) is 32.7 Å². The Bertz CT molecular complexity index is 2610. The lowest BCUT2D eigenvalue weighted by molar-refractivity contribution is -0.385. The number of alkyl halides is 3. The Labute approximate surface area is 354 Å². The first-order chi connectivity index (χ1) is 28.4. The van der Waals surface area contributed by atoms with Crippen LogP contribution in [0.3, 0.4) is 0 Å². The first kappa shape index (κ1) is 52.1. The number of amides is 3. The third-order valence-corrected chi connectivity index (χ3v) is 10.1. The number of nitro groups is 1. The minimum absolute atomic E-state index is 0.0633. The van der Waals surface area contributed by atoms with Gasteiger partial charge < -0.3 is 29.5 Å². The van der Waals surface area contributed by atoms with Crippen LogP contribution in [-0.4, -0.2) is 107 Å². The molecule has 0 radical (unpaired) electrons. The molecule has 33 heteroatoms. The van der Waals surface area contributed by atoms with Crippen molar-refractivity contribution in [2.75, 3.05) is 31.5 Å². The molecule has 0 spiro atoms. The number of sulfonamides is 2. The molecule has 0 unspecified atom stereocenters. The summed E-state index contributed by atoms with van der Waals surface area (Å²) in [5.74, 6) is -4.22. The summed E-state index contributed by atoms with van der Waals surface area (Å²) in [4.78, 5) is 81.5.